The highest BCUT2D eigenvalue weighted by molar-refractivity contribution is 8.00. The molecule has 0 aromatic carbocycles. The molecular formula is C12H20N6O2S. The largest absolute Gasteiger partial charge is 0.341 e. The summed E-state index contributed by atoms with van der Waals surface area (Å²) >= 11 is 1.27. The van der Waals surface area contributed by atoms with E-state index in [1.54, 1.807) is 6.92 Å². The highest BCUT2D eigenvalue weighted by atomic mass is 32.2. The van der Waals surface area contributed by atoms with Crippen molar-refractivity contribution in [2.75, 3.05) is 7.05 Å². The van der Waals surface area contributed by atoms with Crippen molar-refractivity contribution in [1.29, 1.82) is 0 Å². The Hall–Kier alpha value is -1.64. The summed E-state index contributed by atoms with van der Waals surface area (Å²) in [5.74, 6) is -0.363. The number of aromatic nitrogens is 4. The second-order valence-corrected chi connectivity index (χ2v) is 6.33. The summed E-state index contributed by atoms with van der Waals surface area (Å²) in [5.41, 5.74) is 0. The third-order valence-corrected chi connectivity index (χ3v) is 4.55. The van der Waals surface area contributed by atoms with Crippen LogP contribution < -0.4 is 10.6 Å². The van der Waals surface area contributed by atoms with Crippen molar-refractivity contribution in [2.45, 2.75) is 55.5 Å². The predicted octanol–water partition coefficient (Wildman–Crippen LogP) is 1.11. The normalized spacial score (nSPS) is 17.2. The van der Waals surface area contributed by atoms with Crippen LogP contribution in [0.3, 0.4) is 0 Å². The first-order valence-electron chi connectivity index (χ1n) is 7.09. The van der Waals surface area contributed by atoms with E-state index in [4.69, 9.17) is 0 Å². The minimum atomic E-state index is -0.515. The molecule has 116 valence electrons. The Labute approximate surface area is 127 Å². The zero-order valence-electron chi connectivity index (χ0n) is 12.2. The van der Waals surface area contributed by atoms with E-state index in [1.165, 1.54) is 38.1 Å². The van der Waals surface area contributed by atoms with E-state index in [0.717, 1.165) is 12.8 Å². The van der Waals surface area contributed by atoms with Crippen LogP contribution in [0.5, 0.6) is 0 Å². The average molecular weight is 312 g/mol. The summed E-state index contributed by atoms with van der Waals surface area (Å²) in [5, 5.41) is 16.5. The Morgan fingerprint density at radius 3 is 2.71 bits per heavy atom. The van der Waals surface area contributed by atoms with Gasteiger partial charge in [0.25, 0.3) is 0 Å². The van der Waals surface area contributed by atoms with E-state index < -0.39 is 11.3 Å². The Balaban J connectivity index is 1.97. The molecule has 1 aliphatic carbocycles. The third kappa shape index (κ3) is 4.16. The third-order valence-electron chi connectivity index (χ3n) is 3.50. The molecule has 9 heteroatoms. The van der Waals surface area contributed by atoms with Crippen LogP contribution in [0.15, 0.2) is 5.16 Å². The fraction of sp³-hybridized carbons (Fsp3) is 0.750. The lowest BCUT2D eigenvalue weighted by Crippen LogP contribution is -2.41. The maximum absolute atomic E-state index is 11.9. The Morgan fingerprint density at radius 1 is 1.33 bits per heavy atom. The van der Waals surface area contributed by atoms with E-state index in [-0.39, 0.29) is 5.91 Å². The summed E-state index contributed by atoms with van der Waals surface area (Å²) < 4.78 is 1.81. The number of thioether (sulfide) groups is 1. The number of carbonyl (C=O) groups is 2. The van der Waals surface area contributed by atoms with Gasteiger partial charge in [-0.3, -0.25) is 10.1 Å². The van der Waals surface area contributed by atoms with Crippen LogP contribution in [0.2, 0.25) is 0 Å². The number of urea groups is 1. The molecule has 1 heterocycles. The molecule has 1 aromatic rings. The maximum Gasteiger partial charge on any atom is 0.321 e. The molecule has 0 aliphatic heterocycles. The van der Waals surface area contributed by atoms with Gasteiger partial charge in [0.15, 0.2) is 0 Å². The second kappa shape index (κ2) is 7.39. The number of nitrogens with zero attached hydrogens (tertiary/aromatic N) is 4. The number of rotatable bonds is 4. The van der Waals surface area contributed by atoms with Crippen LogP contribution in [0.1, 0.15) is 45.1 Å². The van der Waals surface area contributed by atoms with Crippen LogP contribution in [0, 0.1) is 0 Å². The van der Waals surface area contributed by atoms with Gasteiger partial charge in [-0.1, -0.05) is 31.0 Å². The van der Waals surface area contributed by atoms with E-state index in [1.807, 2.05) is 4.68 Å². The summed E-state index contributed by atoms with van der Waals surface area (Å²) in [6.45, 7) is 1.73. The number of imide groups is 1. The van der Waals surface area contributed by atoms with Crippen molar-refractivity contribution in [1.82, 2.24) is 30.8 Å². The number of tetrazole rings is 1. The fourth-order valence-corrected chi connectivity index (χ4v) is 3.16. The van der Waals surface area contributed by atoms with Crippen LogP contribution in [0.25, 0.3) is 0 Å². The van der Waals surface area contributed by atoms with Gasteiger partial charge in [0, 0.05) is 7.05 Å². The molecule has 1 saturated carbocycles. The van der Waals surface area contributed by atoms with Gasteiger partial charge in [0.2, 0.25) is 11.1 Å². The molecule has 0 unspecified atom stereocenters. The van der Waals surface area contributed by atoms with Gasteiger partial charge in [0.05, 0.1) is 11.3 Å². The van der Waals surface area contributed by atoms with Gasteiger partial charge in [-0.15, -0.1) is 5.10 Å². The molecule has 3 amide bonds. The van der Waals surface area contributed by atoms with Crippen LogP contribution in [-0.2, 0) is 4.79 Å². The molecule has 21 heavy (non-hydrogen) atoms. The smallest absolute Gasteiger partial charge is 0.321 e. The van der Waals surface area contributed by atoms with Crippen LogP contribution in [-0.4, -0.2) is 44.4 Å². The molecule has 8 nitrogen and oxygen atoms in total. The lowest BCUT2D eigenvalue weighted by Gasteiger charge is -2.22. The second-order valence-electron chi connectivity index (χ2n) is 5.03. The van der Waals surface area contributed by atoms with Gasteiger partial charge in [0.1, 0.15) is 0 Å². The minimum absolute atomic E-state index is 0.311. The zero-order valence-corrected chi connectivity index (χ0v) is 13.0. The summed E-state index contributed by atoms with van der Waals surface area (Å²) in [6.07, 6.45) is 5.75. The summed E-state index contributed by atoms with van der Waals surface area (Å²) in [7, 11) is 1.46. The van der Waals surface area contributed by atoms with Crippen molar-refractivity contribution in [3.8, 4) is 0 Å². The van der Waals surface area contributed by atoms with Crippen molar-refractivity contribution < 1.29 is 9.59 Å². The predicted molar refractivity (Wildman–Crippen MR) is 77.9 cm³/mol. The zero-order chi connectivity index (χ0) is 15.2. The van der Waals surface area contributed by atoms with Gasteiger partial charge in [-0.2, -0.15) is 0 Å². The van der Waals surface area contributed by atoms with Crippen molar-refractivity contribution >= 4 is 23.7 Å². The maximum atomic E-state index is 11.9. The number of hydrogen-bond acceptors (Lipinski definition) is 6. The molecule has 2 N–H and O–H groups in total. The molecule has 0 radical (unpaired) electrons. The molecular weight excluding hydrogens is 292 g/mol. The monoisotopic (exact) mass is 312 g/mol. The van der Waals surface area contributed by atoms with Gasteiger partial charge in [-0.25, -0.2) is 9.48 Å². The first kappa shape index (κ1) is 15.7. The minimum Gasteiger partial charge on any atom is -0.341 e. The highest BCUT2D eigenvalue weighted by Crippen LogP contribution is 2.31. The molecule has 0 bridgehead atoms. The SMILES string of the molecule is CNC(=O)NC(=O)[C@@H](C)Sc1nnnn1C1CCCCC1. The molecule has 1 aliphatic rings. The topological polar surface area (TPSA) is 102 Å². The summed E-state index contributed by atoms with van der Waals surface area (Å²) in [6, 6.07) is -0.204. The summed E-state index contributed by atoms with van der Waals surface area (Å²) in [4.78, 5) is 23.0. The average Bonchev–Trinajstić information content (AvgIpc) is 2.96. The number of nitrogens with one attached hydrogen (secondary N) is 2. The highest BCUT2D eigenvalue weighted by Gasteiger charge is 2.24. The van der Waals surface area contributed by atoms with Crippen molar-refractivity contribution in [3.63, 3.8) is 0 Å². The van der Waals surface area contributed by atoms with Crippen molar-refractivity contribution in [3.05, 3.63) is 0 Å². The van der Waals surface area contributed by atoms with Crippen LogP contribution in [0.4, 0.5) is 4.79 Å². The van der Waals surface area contributed by atoms with E-state index in [9.17, 15) is 9.59 Å². The Morgan fingerprint density at radius 2 is 2.05 bits per heavy atom. The van der Waals surface area contributed by atoms with E-state index in [0.29, 0.717) is 11.2 Å². The quantitative estimate of drug-likeness (QED) is 0.808. The molecule has 1 atom stereocenters. The van der Waals surface area contributed by atoms with Gasteiger partial charge < -0.3 is 5.32 Å². The number of amides is 3. The molecule has 1 fully saturated rings. The van der Waals surface area contributed by atoms with E-state index in [2.05, 4.69) is 26.2 Å². The van der Waals surface area contributed by atoms with Gasteiger partial charge in [-0.05, 0) is 30.2 Å². The molecule has 1 aromatic heterocycles. The lowest BCUT2D eigenvalue weighted by atomic mass is 9.96. The molecule has 0 saturated heterocycles. The molecule has 0 spiro atoms. The first-order chi connectivity index (χ1) is 10.1. The van der Waals surface area contributed by atoms with Crippen molar-refractivity contribution in [2.24, 2.45) is 0 Å². The Kier molecular flexibility index (Phi) is 5.54. The number of hydrogen-bond donors (Lipinski definition) is 2. The van der Waals surface area contributed by atoms with Gasteiger partial charge >= 0.3 is 6.03 Å². The first-order valence-corrected chi connectivity index (χ1v) is 7.97. The molecule has 2 rings (SSSR count). The fourth-order valence-electron chi connectivity index (χ4n) is 2.31. The van der Waals surface area contributed by atoms with Crippen LogP contribution >= 0.6 is 11.8 Å². The van der Waals surface area contributed by atoms with E-state index >= 15 is 0 Å². The lowest BCUT2D eigenvalue weighted by molar-refractivity contribution is -0.119. The number of carbonyl (C=O) groups excluding carboxylic acids is 2. The standard InChI is InChI=1S/C12H20N6O2S/c1-8(10(19)14-11(20)13-2)21-12-15-16-17-18(12)9-6-4-3-5-7-9/h8-9H,3-7H2,1-2H3,(H2,13,14,19,20)/t8-/m1/s1. The Bertz CT molecular complexity index is 500.